The van der Waals surface area contributed by atoms with Gasteiger partial charge in [0.25, 0.3) is 0 Å². The molecule has 18 aromatic rings. The van der Waals surface area contributed by atoms with Crippen LogP contribution in [0.3, 0.4) is 0 Å². The van der Waals surface area contributed by atoms with Gasteiger partial charge in [0.05, 0.1) is 55.9 Å². The van der Waals surface area contributed by atoms with E-state index < -0.39 is 11.7 Å². The van der Waals surface area contributed by atoms with E-state index in [4.69, 9.17) is 24.7 Å². The van der Waals surface area contributed by atoms with E-state index in [1.807, 2.05) is 215 Å². The number of hydrogen-bond donors (Lipinski definition) is 9. The SMILES string of the molecule is CCOc1ccccc1-c1nc(Nc2cc(C)[nH]n2)c2ccccc2n1.Cc1cc(Nc2nc(-c3ccccc3-c3ccccc3)nc3ccccc23)n[nH]1.Cc1cc(Nc2nc(-c3ccccc3O)nc3ccccc23)n[nH]1.FC(F)(F)c1ccccc1-c1nc(Nc2cc(-c3cccs3)[nH]n2)c2ccccc2n1. The second-order valence-electron chi connectivity index (χ2n) is 25.0. The monoisotopic (exact) mass is 1480 g/mol. The van der Waals surface area contributed by atoms with Gasteiger partial charge in [0.1, 0.15) is 34.8 Å². The summed E-state index contributed by atoms with van der Waals surface area (Å²) in [5.74, 6) is 7.76. The largest absolute Gasteiger partial charge is 0.507 e. The molecule has 110 heavy (non-hydrogen) atoms. The maximum Gasteiger partial charge on any atom is 0.417 e. The molecule has 26 heteroatoms. The maximum atomic E-state index is 13.5. The molecule has 9 aromatic heterocycles. The first-order valence-corrected chi connectivity index (χ1v) is 35.7. The van der Waals surface area contributed by atoms with Gasteiger partial charge in [-0.15, -0.1) is 11.3 Å². The molecule has 0 bridgehead atoms. The Morgan fingerprint density at radius 3 is 1.19 bits per heavy atom. The summed E-state index contributed by atoms with van der Waals surface area (Å²) in [6, 6.07) is 81.0. The van der Waals surface area contributed by atoms with Crippen molar-refractivity contribution in [1.82, 2.24) is 80.7 Å². The van der Waals surface area contributed by atoms with Crippen molar-refractivity contribution >= 4 is 101 Å². The van der Waals surface area contributed by atoms with Gasteiger partial charge in [0.2, 0.25) is 0 Å². The molecular formula is C84H67F3N20O2S. The fourth-order valence-corrected chi connectivity index (χ4v) is 12.8. The highest BCUT2D eigenvalue weighted by Gasteiger charge is 2.34. The number of alkyl halides is 3. The maximum absolute atomic E-state index is 13.5. The van der Waals surface area contributed by atoms with E-state index in [-0.39, 0.29) is 17.1 Å². The van der Waals surface area contributed by atoms with Crippen LogP contribution in [0, 0.1) is 20.8 Å². The highest BCUT2D eigenvalue weighted by atomic mass is 32.1. The number of anilines is 8. The highest BCUT2D eigenvalue weighted by molar-refractivity contribution is 7.13. The molecule has 9 heterocycles. The number of phenols is 1. The molecular weight excluding hydrogens is 1410 g/mol. The van der Waals surface area contributed by atoms with Gasteiger partial charge in [-0.25, -0.2) is 39.9 Å². The number of nitrogens with zero attached hydrogens (tertiary/aromatic N) is 12. The van der Waals surface area contributed by atoms with Crippen LogP contribution in [0.15, 0.2) is 266 Å². The Labute approximate surface area is 631 Å². The fourth-order valence-electron chi connectivity index (χ4n) is 12.1. The van der Waals surface area contributed by atoms with Crippen molar-refractivity contribution in [2.75, 3.05) is 27.9 Å². The second-order valence-corrected chi connectivity index (χ2v) is 26.0. The number of nitrogens with one attached hydrogen (secondary N) is 8. The Morgan fingerprint density at radius 2 is 0.745 bits per heavy atom. The molecule has 0 aliphatic carbocycles. The van der Waals surface area contributed by atoms with Gasteiger partial charge in [-0.05, 0) is 129 Å². The number of thiophene rings is 1. The second kappa shape index (κ2) is 32.1. The summed E-state index contributed by atoms with van der Waals surface area (Å²) in [5.41, 5.74) is 10.6. The molecule has 0 unspecified atom stereocenters. The molecule has 0 aliphatic rings. The molecule has 9 N–H and O–H groups in total. The van der Waals surface area contributed by atoms with Crippen LogP contribution in [-0.4, -0.2) is 92.4 Å². The number of rotatable bonds is 16. The Balaban J connectivity index is 0.000000117. The number of aryl methyl sites for hydroxylation is 3. The first-order valence-electron chi connectivity index (χ1n) is 34.8. The molecule has 0 amide bonds. The van der Waals surface area contributed by atoms with Gasteiger partial charge in [-0.1, -0.05) is 152 Å². The average molecular weight is 1480 g/mol. The van der Waals surface area contributed by atoms with Crippen LogP contribution >= 0.6 is 11.3 Å². The zero-order chi connectivity index (χ0) is 75.5. The third-order valence-corrected chi connectivity index (χ3v) is 18.1. The zero-order valence-corrected chi connectivity index (χ0v) is 60.2. The zero-order valence-electron chi connectivity index (χ0n) is 59.4. The Bertz CT molecular complexity index is 6240. The minimum atomic E-state index is -4.52. The fraction of sp³-hybridized carbons (Fsp3) is 0.0714. The number of para-hydroxylation sites is 6. The number of aromatic nitrogens is 16. The van der Waals surface area contributed by atoms with Gasteiger partial charge in [-0.3, -0.25) is 20.4 Å². The van der Waals surface area contributed by atoms with Crippen molar-refractivity contribution in [3.05, 3.63) is 289 Å². The lowest BCUT2D eigenvalue weighted by molar-refractivity contribution is -0.137. The molecule has 0 radical (unpaired) electrons. The van der Waals surface area contributed by atoms with Crippen LogP contribution in [0.1, 0.15) is 29.6 Å². The number of phenolic OH excluding ortho intramolecular Hbond substituents is 1. The van der Waals surface area contributed by atoms with Crippen LogP contribution in [0.4, 0.5) is 59.7 Å². The molecule has 18 rings (SSSR count). The summed E-state index contributed by atoms with van der Waals surface area (Å²) >= 11 is 1.57. The highest BCUT2D eigenvalue weighted by Crippen LogP contribution is 2.40. The van der Waals surface area contributed by atoms with Crippen LogP contribution in [0.25, 0.3) is 111 Å². The predicted octanol–water partition coefficient (Wildman–Crippen LogP) is 20.5. The Kier molecular flexibility index (Phi) is 20.7. The quantitative estimate of drug-likeness (QED) is 0.0434. The number of aromatic amines is 4. The third-order valence-electron chi connectivity index (χ3n) is 17.2. The number of aromatic hydroxyl groups is 1. The summed E-state index contributed by atoms with van der Waals surface area (Å²) in [7, 11) is 0. The number of hydrogen-bond acceptors (Lipinski definition) is 19. The number of H-pyrrole nitrogens is 4. The van der Waals surface area contributed by atoms with E-state index >= 15 is 0 Å². The third kappa shape index (κ3) is 16.3. The van der Waals surface area contributed by atoms with Crippen LogP contribution in [0.2, 0.25) is 0 Å². The molecule has 0 aliphatic heterocycles. The predicted molar refractivity (Wildman–Crippen MR) is 428 cm³/mol. The first kappa shape index (κ1) is 71.1. The number of benzene rings is 9. The lowest BCUT2D eigenvalue weighted by Crippen LogP contribution is -2.08. The molecule has 0 atom stereocenters. The lowest BCUT2D eigenvalue weighted by Gasteiger charge is -2.14. The van der Waals surface area contributed by atoms with E-state index in [1.165, 1.54) is 18.2 Å². The first-order chi connectivity index (χ1) is 53.7. The summed E-state index contributed by atoms with van der Waals surface area (Å²) in [5, 5.41) is 57.2. The average Bonchev–Trinajstić information content (AvgIpc) is 1.07. The van der Waals surface area contributed by atoms with Crippen LogP contribution < -0.4 is 26.0 Å². The smallest absolute Gasteiger partial charge is 0.417 e. The summed E-state index contributed by atoms with van der Waals surface area (Å²) in [4.78, 5) is 38.3. The van der Waals surface area contributed by atoms with Crippen molar-refractivity contribution in [1.29, 1.82) is 0 Å². The lowest BCUT2D eigenvalue weighted by atomic mass is 9.99. The van der Waals surface area contributed by atoms with Gasteiger partial charge in [-0.2, -0.15) is 33.6 Å². The van der Waals surface area contributed by atoms with Crippen LogP contribution in [0.5, 0.6) is 11.5 Å². The van der Waals surface area contributed by atoms with Crippen molar-refractivity contribution in [2.45, 2.75) is 33.9 Å². The van der Waals surface area contributed by atoms with Crippen molar-refractivity contribution in [3.63, 3.8) is 0 Å². The minimum Gasteiger partial charge on any atom is -0.507 e. The van der Waals surface area contributed by atoms with Crippen molar-refractivity contribution < 1.29 is 23.0 Å². The van der Waals surface area contributed by atoms with E-state index in [9.17, 15) is 18.3 Å². The van der Waals surface area contributed by atoms with Gasteiger partial charge < -0.3 is 31.1 Å². The molecule has 0 spiro atoms. The topological polar surface area (TPSA) is 295 Å². The number of ether oxygens (including phenoxy) is 1. The Morgan fingerprint density at radius 1 is 0.373 bits per heavy atom. The Hall–Kier alpha value is -14.5. The molecule has 22 nitrogen and oxygen atoms in total. The molecule has 0 fully saturated rings. The standard InChI is InChI=1S/C24H19N5.C22H14F3N5S.C20H19N5O.C18H15N5O/c1-16-15-22(29-28-16)26-24-20-13-7-8-14-21(20)25-23(27-24)19-12-6-5-11-18(19)17-9-3-2-4-10-17;23-22(24,25)15-8-3-1-6-13(15)20-26-16-9-4-2-7-14(16)21(28-20)27-19-12-17(29-30-19)18-10-5-11-31-18;1-3-26-17-11-7-5-9-15(17)20-21-16-10-6-4-8-14(16)19(23-20)22-18-12-13(2)24-25-18;1-11-10-16(23-22-11)20-17-12-6-2-4-8-14(12)19-18(21-17)13-7-3-5-9-15(13)24/h2-15H,1H3,(H2,25,26,27,28,29);1-12H,(H2,26,27,28,29,30);4-12H,3H2,1-2H3,(H2,21,22,23,24,25);2-10,24H,1H3,(H2,19,20,21,22,23). The summed E-state index contributed by atoms with van der Waals surface area (Å²) in [6.07, 6.45) is -4.52. The van der Waals surface area contributed by atoms with E-state index in [2.05, 4.69) is 106 Å². The van der Waals surface area contributed by atoms with E-state index in [0.29, 0.717) is 69.6 Å². The minimum absolute atomic E-state index is 0.0110. The molecule has 0 saturated carbocycles. The van der Waals surface area contributed by atoms with Crippen molar-refractivity contribution in [2.24, 2.45) is 0 Å². The molecule has 9 aromatic carbocycles. The van der Waals surface area contributed by atoms with E-state index in [1.54, 1.807) is 41.7 Å². The number of halogens is 3. The number of fused-ring (bicyclic) bond motifs is 4. The molecule has 542 valence electrons. The normalized spacial score (nSPS) is 11.1. The molecule has 0 saturated heterocycles. The van der Waals surface area contributed by atoms with E-state index in [0.717, 1.165) is 112 Å². The van der Waals surface area contributed by atoms with Gasteiger partial charge in [0, 0.05) is 74.0 Å². The van der Waals surface area contributed by atoms with Gasteiger partial charge in [0.15, 0.2) is 46.6 Å². The van der Waals surface area contributed by atoms with Crippen LogP contribution in [-0.2, 0) is 6.18 Å². The van der Waals surface area contributed by atoms with Gasteiger partial charge >= 0.3 is 6.18 Å². The van der Waals surface area contributed by atoms with Crippen molar-refractivity contribution in [3.8, 4) is 78.7 Å². The summed E-state index contributed by atoms with van der Waals surface area (Å²) in [6.45, 7) is 8.41. The summed E-state index contributed by atoms with van der Waals surface area (Å²) < 4.78 is 46.4.